The van der Waals surface area contributed by atoms with Gasteiger partial charge in [-0.05, 0) is 57.0 Å². The number of piperidine rings is 1. The van der Waals surface area contributed by atoms with Gasteiger partial charge >= 0.3 is 0 Å². The van der Waals surface area contributed by atoms with Gasteiger partial charge in [-0.3, -0.25) is 8.87 Å². The highest BCUT2D eigenvalue weighted by molar-refractivity contribution is 7.84. The Balaban J connectivity index is 1.07. The van der Waals surface area contributed by atoms with Gasteiger partial charge in [-0.2, -0.15) is 0 Å². The van der Waals surface area contributed by atoms with Gasteiger partial charge in [0.25, 0.3) is 0 Å². The zero-order valence-corrected chi connectivity index (χ0v) is 26.0. The van der Waals surface area contributed by atoms with Crippen LogP contribution in [0.3, 0.4) is 0 Å². The van der Waals surface area contributed by atoms with Gasteiger partial charge in [-0.15, -0.1) is 0 Å². The molecule has 0 amide bonds. The molecular weight excluding hydrogens is 589 g/mol. The number of anilines is 3. The van der Waals surface area contributed by atoms with Crippen molar-refractivity contribution in [2.45, 2.75) is 37.0 Å². The fourth-order valence-corrected chi connectivity index (χ4v) is 8.08. The zero-order chi connectivity index (χ0) is 28.8. The van der Waals surface area contributed by atoms with E-state index >= 15 is 0 Å². The molecule has 7 rings (SSSR count). The second-order valence-electron chi connectivity index (χ2n) is 11.6. The molecule has 2 aromatic heterocycles. The molecule has 42 heavy (non-hydrogen) atoms. The van der Waals surface area contributed by atoms with Crippen LogP contribution >= 0.6 is 23.2 Å². The standard InChI is InChI=1S/C31H35Cl2N7OS/c1-37-14-16-38(17-15-37)22-10-12-39(13-11-22)29-9-6-21(18-26(29)32)35-31-34-19-27(33)30(36-31)25-20-40(42(41)23-7-8-23)28-5-3-2-4-24(25)28/h2-6,9,18-20,22-23H,7-8,10-17H2,1H3,(H,34,35,36). The number of para-hydroxylation sites is 1. The number of benzene rings is 2. The van der Waals surface area contributed by atoms with Crippen LogP contribution in [0, 0.1) is 0 Å². The molecule has 11 heteroatoms. The Morgan fingerprint density at radius 1 is 0.929 bits per heavy atom. The van der Waals surface area contributed by atoms with Gasteiger partial charge in [-0.25, -0.2) is 14.2 Å². The molecule has 1 N–H and O–H groups in total. The number of likely N-dealkylation sites (N-methyl/N-ethyl adjacent to an activating group) is 1. The van der Waals surface area contributed by atoms with Crippen LogP contribution in [-0.2, 0) is 11.0 Å². The molecule has 2 saturated heterocycles. The predicted octanol–water partition coefficient (Wildman–Crippen LogP) is 6.04. The maximum atomic E-state index is 13.1. The lowest BCUT2D eigenvalue weighted by atomic mass is 10.0. The number of nitrogens with zero attached hydrogens (tertiary/aromatic N) is 6. The molecule has 2 aliphatic heterocycles. The molecule has 3 aliphatic rings. The summed E-state index contributed by atoms with van der Waals surface area (Å²) in [5, 5.41) is 5.63. The first-order valence-corrected chi connectivity index (χ1v) is 16.7. The largest absolute Gasteiger partial charge is 0.370 e. The van der Waals surface area contributed by atoms with Crippen molar-refractivity contribution >= 4 is 62.4 Å². The van der Waals surface area contributed by atoms with Crippen molar-refractivity contribution in [2.75, 3.05) is 56.5 Å². The van der Waals surface area contributed by atoms with E-state index in [-0.39, 0.29) is 5.25 Å². The monoisotopic (exact) mass is 623 g/mol. The third kappa shape index (κ3) is 5.65. The van der Waals surface area contributed by atoms with Gasteiger partial charge in [-0.1, -0.05) is 41.4 Å². The summed E-state index contributed by atoms with van der Waals surface area (Å²) in [5.74, 6) is 0.423. The van der Waals surface area contributed by atoms with Crippen LogP contribution in [0.5, 0.6) is 0 Å². The van der Waals surface area contributed by atoms with Gasteiger partial charge in [0.1, 0.15) is 11.0 Å². The molecule has 1 atom stereocenters. The highest BCUT2D eigenvalue weighted by Gasteiger charge is 2.31. The summed E-state index contributed by atoms with van der Waals surface area (Å²) in [6.07, 6.45) is 7.82. The second-order valence-corrected chi connectivity index (χ2v) is 14.0. The van der Waals surface area contributed by atoms with Gasteiger partial charge < -0.3 is 15.1 Å². The summed E-state index contributed by atoms with van der Waals surface area (Å²) >= 11 is 13.4. The minimum atomic E-state index is -1.12. The van der Waals surface area contributed by atoms with E-state index in [0.29, 0.717) is 27.7 Å². The first-order valence-electron chi connectivity index (χ1n) is 14.7. The summed E-state index contributed by atoms with van der Waals surface area (Å²) in [5.41, 5.74) is 4.22. The molecule has 4 heterocycles. The van der Waals surface area contributed by atoms with Gasteiger partial charge in [0, 0.05) is 68.1 Å². The number of halogens is 2. The molecule has 0 spiro atoms. The Labute approximate surface area is 259 Å². The van der Waals surface area contributed by atoms with Crippen molar-refractivity contribution in [1.82, 2.24) is 23.7 Å². The molecule has 0 radical (unpaired) electrons. The second kappa shape index (κ2) is 11.8. The lowest BCUT2D eigenvalue weighted by Crippen LogP contribution is -2.52. The van der Waals surface area contributed by atoms with Crippen molar-refractivity contribution in [3.63, 3.8) is 0 Å². The summed E-state index contributed by atoms with van der Waals surface area (Å²) in [7, 11) is 1.09. The Morgan fingerprint density at radius 3 is 2.43 bits per heavy atom. The van der Waals surface area contributed by atoms with E-state index < -0.39 is 11.0 Å². The smallest absolute Gasteiger partial charge is 0.227 e. The quantitative estimate of drug-likeness (QED) is 0.269. The molecule has 1 saturated carbocycles. The Hall–Kier alpha value is -2.69. The lowest BCUT2D eigenvalue weighted by Gasteiger charge is -2.42. The first kappa shape index (κ1) is 28.1. The summed E-state index contributed by atoms with van der Waals surface area (Å²) in [6.45, 7) is 6.66. The van der Waals surface area contributed by atoms with E-state index in [1.165, 1.54) is 13.1 Å². The van der Waals surface area contributed by atoms with Crippen LogP contribution in [0.15, 0.2) is 54.9 Å². The fourth-order valence-electron chi connectivity index (χ4n) is 6.16. The molecule has 1 unspecified atom stereocenters. The lowest BCUT2D eigenvalue weighted by molar-refractivity contribution is 0.0982. The number of nitrogens with one attached hydrogen (secondary N) is 1. The summed E-state index contributed by atoms with van der Waals surface area (Å²) in [6, 6.07) is 14.6. The Morgan fingerprint density at radius 2 is 1.69 bits per heavy atom. The van der Waals surface area contributed by atoms with E-state index in [2.05, 4.69) is 38.1 Å². The van der Waals surface area contributed by atoms with Crippen molar-refractivity contribution in [1.29, 1.82) is 0 Å². The number of hydrogen-bond acceptors (Lipinski definition) is 7. The van der Waals surface area contributed by atoms with E-state index in [0.717, 1.165) is 79.7 Å². The van der Waals surface area contributed by atoms with Crippen molar-refractivity contribution in [3.05, 3.63) is 64.9 Å². The molecule has 0 bridgehead atoms. The molecule has 4 aromatic rings. The minimum absolute atomic E-state index is 0.211. The van der Waals surface area contributed by atoms with Crippen LogP contribution in [0.1, 0.15) is 25.7 Å². The number of rotatable bonds is 7. The van der Waals surface area contributed by atoms with E-state index in [1.54, 1.807) is 6.20 Å². The maximum absolute atomic E-state index is 13.1. The number of aromatic nitrogens is 3. The Bertz CT molecular complexity index is 1630. The van der Waals surface area contributed by atoms with Crippen LogP contribution in [-0.4, -0.2) is 85.6 Å². The third-order valence-corrected chi connectivity index (χ3v) is 11.1. The van der Waals surface area contributed by atoms with E-state index in [4.69, 9.17) is 28.2 Å². The van der Waals surface area contributed by atoms with E-state index in [9.17, 15) is 4.21 Å². The molecule has 2 aromatic carbocycles. The summed E-state index contributed by atoms with van der Waals surface area (Å²) < 4.78 is 15.0. The average molecular weight is 625 g/mol. The van der Waals surface area contributed by atoms with Crippen LogP contribution in [0.2, 0.25) is 10.0 Å². The normalized spacial score (nSPS) is 19.8. The highest BCUT2D eigenvalue weighted by Crippen LogP contribution is 2.38. The first-order chi connectivity index (χ1) is 20.4. The minimum Gasteiger partial charge on any atom is -0.370 e. The fraction of sp³-hybridized carbons (Fsp3) is 0.419. The maximum Gasteiger partial charge on any atom is 0.227 e. The molecular formula is C31H35Cl2N7OS. The van der Waals surface area contributed by atoms with Gasteiger partial charge in [0.05, 0.1) is 38.4 Å². The van der Waals surface area contributed by atoms with Crippen LogP contribution in [0.4, 0.5) is 17.3 Å². The van der Waals surface area contributed by atoms with Crippen molar-refractivity contribution < 1.29 is 4.21 Å². The van der Waals surface area contributed by atoms with Crippen LogP contribution < -0.4 is 10.2 Å². The van der Waals surface area contributed by atoms with Gasteiger partial charge in [0.2, 0.25) is 5.95 Å². The summed E-state index contributed by atoms with van der Waals surface area (Å²) in [4.78, 5) is 16.7. The van der Waals surface area contributed by atoms with Crippen molar-refractivity contribution in [2.24, 2.45) is 0 Å². The highest BCUT2D eigenvalue weighted by atomic mass is 35.5. The number of hydrogen-bond donors (Lipinski definition) is 1. The Kier molecular flexibility index (Phi) is 7.88. The SMILES string of the molecule is CN1CCN(C2CCN(c3ccc(Nc4ncc(Cl)c(-c5cn(S(=O)C6CC6)c6ccccc56)n4)cc3Cl)CC2)CC1. The van der Waals surface area contributed by atoms with E-state index in [1.807, 2.05) is 46.6 Å². The van der Waals surface area contributed by atoms with Gasteiger partial charge in [0.15, 0.2) is 0 Å². The van der Waals surface area contributed by atoms with Crippen LogP contribution in [0.25, 0.3) is 22.2 Å². The molecule has 8 nitrogen and oxygen atoms in total. The van der Waals surface area contributed by atoms with Crippen molar-refractivity contribution in [3.8, 4) is 11.3 Å². The molecule has 220 valence electrons. The average Bonchev–Trinajstić information content (AvgIpc) is 3.79. The predicted molar refractivity (Wildman–Crippen MR) is 174 cm³/mol. The molecule has 3 fully saturated rings. The molecule has 1 aliphatic carbocycles. The number of fused-ring (bicyclic) bond motifs is 1. The zero-order valence-electron chi connectivity index (χ0n) is 23.7. The third-order valence-electron chi connectivity index (χ3n) is 8.74. The number of piperazine rings is 1. The topological polar surface area (TPSA) is 69.5 Å².